The van der Waals surface area contributed by atoms with Crippen LogP contribution in [0.15, 0.2) is 53.4 Å². The van der Waals surface area contributed by atoms with Gasteiger partial charge in [-0.15, -0.1) is 0 Å². The van der Waals surface area contributed by atoms with Crippen molar-refractivity contribution in [3.05, 3.63) is 59.7 Å². The fourth-order valence-corrected chi connectivity index (χ4v) is 4.23. The minimum Gasteiger partial charge on any atom is -0.341 e. The van der Waals surface area contributed by atoms with Gasteiger partial charge in [-0.1, -0.05) is 35.9 Å². The van der Waals surface area contributed by atoms with E-state index in [4.69, 9.17) is 4.74 Å². The fraction of sp³-hybridized carbons (Fsp3) is 0.200. The lowest BCUT2D eigenvalue weighted by atomic mass is 10.2. The number of hydrogen-bond acceptors (Lipinski definition) is 3. The molecule has 0 saturated carbocycles. The van der Waals surface area contributed by atoms with Gasteiger partial charge in [0, 0.05) is 5.56 Å². The van der Waals surface area contributed by atoms with Crippen LogP contribution in [0.1, 0.15) is 17.2 Å². The lowest BCUT2D eigenvalue weighted by Gasteiger charge is -2.21. The van der Waals surface area contributed by atoms with Gasteiger partial charge >= 0.3 is 0 Å². The summed E-state index contributed by atoms with van der Waals surface area (Å²) in [5.74, 6) is 0. The maximum atomic E-state index is 12.8. The summed E-state index contributed by atoms with van der Waals surface area (Å²) < 4.78 is 32.5. The molecule has 0 N–H and O–H groups in total. The summed E-state index contributed by atoms with van der Waals surface area (Å²) in [4.78, 5) is 0.300. The number of para-hydroxylation sites is 1. The Labute approximate surface area is 117 Å². The van der Waals surface area contributed by atoms with Crippen molar-refractivity contribution in [1.29, 1.82) is 0 Å². The van der Waals surface area contributed by atoms with Gasteiger partial charge < -0.3 is 4.74 Å². The maximum absolute atomic E-state index is 12.8. The quantitative estimate of drug-likeness (QED) is 0.798. The zero-order valence-corrected chi connectivity index (χ0v) is 11.7. The largest absolute Gasteiger partial charge is 0.341 e. The van der Waals surface area contributed by atoms with Crippen LogP contribution in [-0.4, -0.2) is 14.6 Å². The molecular formula is C15H13NO3S. The number of ether oxygens (including phenoxy) is 1. The van der Waals surface area contributed by atoms with E-state index >= 15 is 0 Å². The second kappa shape index (κ2) is 3.84. The molecule has 0 bridgehead atoms. The van der Waals surface area contributed by atoms with E-state index in [-0.39, 0.29) is 12.3 Å². The molecule has 0 radical (unpaired) electrons. The van der Waals surface area contributed by atoms with Crippen molar-refractivity contribution in [3.63, 3.8) is 0 Å². The zero-order chi connectivity index (χ0) is 13.9. The predicted molar refractivity (Wildman–Crippen MR) is 74.9 cm³/mol. The van der Waals surface area contributed by atoms with E-state index in [0.29, 0.717) is 4.90 Å². The molecule has 5 heteroatoms. The third-order valence-electron chi connectivity index (χ3n) is 3.76. The van der Waals surface area contributed by atoms with Crippen LogP contribution in [0, 0.1) is 6.92 Å². The Kier molecular flexibility index (Phi) is 2.29. The number of fused-ring (bicyclic) bond motifs is 3. The van der Waals surface area contributed by atoms with E-state index < -0.39 is 10.0 Å². The number of rotatable bonds is 2. The molecule has 20 heavy (non-hydrogen) atoms. The minimum absolute atomic E-state index is 0.105. The van der Waals surface area contributed by atoms with Crippen LogP contribution in [0.3, 0.4) is 0 Å². The van der Waals surface area contributed by atoms with Crippen molar-refractivity contribution in [2.75, 3.05) is 4.31 Å². The fourth-order valence-electron chi connectivity index (χ4n) is 2.67. The summed E-state index contributed by atoms with van der Waals surface area (Å²) in [6, 6.07) is 14.4. The van der Waals surface area contributed by atoms with Gasteiger partial charge in [0.2, 0.25) is 0 Å². The predicted octanol–water partition coefficient (Wildman–Crippen LogP) is 2.60. The summed E-state index contributed by atoms with van der Waals surface area (Å²) in [7, 11) is -3.57. The topological polar surface area (TPSA) is 49.9 Å². The van der Waals surface area contributed by atoms with E-state index in [9.17, 15) is 8.42 Å². The normalized spacial score (nSPS) is 23.4. The molecule has 0 aromatic heterocycles. The Morgan fingerprint density at radius 1 is 1.05 bits per heavy atom. The van der Waals surface area contributed by atoms with Crippen LogP contribution >= 0.6 is 0 Å². The lowest BCUT2D eigenvalue weighted by molar-refractivity contribution is 0.369. The van der Waals surface area contributed by atoms with Gasteiger partial charge in [-0.3, -0.25) is 0 Å². The first-order chi connectivity index (χ1) is 9.59. The van der Waals surface area contributed by atoms with Crippen molar-refractivity contribution in [2.45, 2.75) is 24.2 Å². The summed E-state index contributed by atoms with van der Waals surface area (Å²) in [6.07, 6.45) is -0.481. The molecule has 0 amide bonds. The van der Waals surface area contributed by atoms with Gasteiger partial charge in [0.25, 0.3) is 10.0 Å². The van der Waals surface area contributed by atoms with Gasteiger partial charge in [-0.05, 0) is 25.1 Å². The van der Waals surface area contributed by atoms with Gasteiger partial charge in [-0.25, -0.2) is 12.7 Å². The number of aryl methyl sites for hydroxylation is 1. The summed E-state index contributed by atoms with van der Waals surface area (Å²) in [6.45, 7) is 1.93. The van der Waals surface area contributed by atoms with Crippen molar-refractivity contribution < 1.29 is 13.2 Å². The zero-order valence-electron chi connectivity index (χ0n) is 10.9. The number of nitrogens with zero attached hydrogens (tertiary/aromatic N) is 1. The Bertz CT molecular complexity index is 783. The number of benzene rings is 2. The smallest absolute Gasteiger partial charge is 0.266 e. The van der Waals surface area contributed by atoms with E-state index in [1.165, 1.54) is 4.31 Å². The molecular weight excluding hydrogens is 274 g/mol. The van der Waals surface area contributed by atoms with Crippen LogP contribution < -0.4 is 4.31 Å². The molecule has 2 aliphatic heterocycles. The highest BCUT2D eigenvalue weighted by atomic mass is 32.2. The second-order valence-corrected chi connectivity index (χ2v) is 6.93. The molecule has 1 fully saturated rings. The van der Waals surface area contributed by atoms with Gasteiger partial charge in [-0.2, -0.15) is 0 Å². The standard InChI is InChI=1S/C15H13NO3S/c1-10-6-8-11(9-7-10)20(17,18)16-13-5-3-2-4-12(13)14-15(16)19-14/h2-9,14-15H,1H3/t14-,15-/m1/s1. The van der Waals surface area contributed by atoms with Crippen LogP contribution in [0.4, 0.5) is 5.69 Å². The lowest BCUT2D eigenvalue weighted by Crippen LogP contribution is -2.31. The summed E-state index contributed by atoms with van der Waals surface area (Å²) in [5, 5.41) is 0. The summed E-state index contributed by atoms with van der Waals surface area (Å²) in [5.41, 5.74) is 2.72. The molecule has 4 nitrogen and oxygen atoms in total. The SMILES string of the molecule is Cc1ccc(S(=O)(=O)N2c3ccccc3[C@H]3O[C@H]32)cc1. The average molecular weight is 287 g/mol. The third kappa shape index (κ3) is 1.53. The monoisotopic (exact) mass is 287 g/mol. The van der Waals surface area contributed by atoms with Gasteiger partial charge in [0.05, 0.1) is 10.6 Å². The number of epoxide rings is 1. The van der Waals surface area contributed by atoms with E-state index in [0.717, 1.165) is 16.8 Å². The molecule has 102 valence electrons. The second-order valence-electron chi connectivity index (χ2n) is 5.12. The Morgan fingerprint density at radius 3 is 2.50 bits per heavy atom. The van der Waals surface area contributed by atoms with E-state index in [1.54, 1.807) is 24.3 Å². The first kappa shape index (κ1) is 11.9. The Morgan fingerprint density at radius 2 is 1.75 bits per heavy atom. The molecule has 1 saturated heterocycles. The molecule has 0 aliphatic carbocycles. The van der Waals surface area contributed by atoms with Crippen LogP contribution in [-0.2, 0) is 14.8 Å². The van der Waals surface area contributed by atoms with E-state index in [1.807, 2.05) is 31.2 Å². The average Bonchev–Trinajstić information content (AvgIpc) is 3.14. The van der Waals surface area contributed by atoms with Crippen LogP contribution in [0.25, 0.3) is 0 Å². The highest BCUT2D eigenvalue weighted by molar-refractivity contribution is 7.92. The molecule has 2 aromatic rings. The number of hydrogen-bond donors (Lipinski definition) is 0. The van der Waals surface area contributed by atoms with Crippen molar-refractivity contribution in [2.24, 2.45) is 0 Å². The molecule has 2 heterocycles. The highest BCUT2D eigenvalue weighted by Crippen LogP contribution is 2.54. The Hall–Kier alpha value is -1.85. The van der Waals surface area contributed by atoms with Crippen LogP contribution in [0.2, 0.25) is 0 Å². The van der Waals surface area contributed by atoms with Gasteiger partial charge in [0.15, 0.2) is 6.23 Å². The maximum Gasteiger partial charge on any atom is 0.266 e. The first-order valence-electron chi connectivity index (χ1n) is 6.44. The molecule has 2 aliphatic rings. The van der Waals surface area contributed by atoms with Gasteiger partial charge in [0.1, 0.15) is 6.10 Å². The Balaban J connectivity index is 1.84. The third-order valence-corrected chi connectivity index (χ3v) is 5.55. The highest BCUT2D eigenvalue weighted by Gasteiger charge is 2.57. The summed E-state index contributed by atoms with van der Waals surface area (Å²) >= 11 is 0. The number of anilines is 1. The van der Waals surface area contributed by atoms with E-state index in [2.05, 4.69) is 0 Å². The van der Waals surface area contributed by atoms with Crippen molar-refractivity contribution >= 4 is 15.7 Å². The molecule has 4 rings (SSSR count). The minimum atomic E-state index is -3.57. The van der Waals surface area contributed by atoms with Crippen LogP contribution in [0.5, 0.6) is 0 Å². The number of sulfonamides is 1. The molecule has 2 aromatic carbocycles. The molecule has 2 atom stereocenters. The van der Waals surface area contributed by atoms with Crippen molar-refractivity contribution in [3.8, 4) is 0 Å². The molecule has 0 unspecified atom stereocenters. The first-order valence-corrected chi connectivity index (χ1v) is 7.88. The molecule has 0 spiro atoms. The van der Waals surface area contributed by atoms with Crippen molar-refractivity contribution in [1.82, 2.24) is 0 Å².